The fraction of sp³-hybridized carbons (Fsp3) is 0.588. The fourth-order valence-electron chi connectivity index (χ4n) is 3.41. The molecular weight excluding hydrogens is 347 g/mol. The molecule has 0 unspecified atom stereocenters. The fourth-order valence-corrected chi connectivity index (χ4v) is 3.41. The third-order valence-electron chi connectivity index (χ3n) is 5.08. The first-order valence-electron chi connectivity index (χ1n) is 8.56. The predicted octanol–water partition coefficient (Wildman–Crippen LogP) is 2.66. The molecule has 6 nitrogen and oxygen atoms in total. The van der Waals surface area contributed by atoms with Gasteiger partial charge in [0.25, 0.3) is 0 Å². The average Bonchev–Trinajstić information content (AvgIpc) is 3.16. The van der Waals surface area contributed by atoms with Crippen LogP contribution in [-0.2, 0) is 24.4 Å². The molecule has 1 aliphatic rings. The van der Waals surface area contributed by atoms with Crippen LogP contribution in [-0.4, -0.2) is 43.5 Å². The van der Waals surface area contributed by atoms with E-state index in [9.17, 15) is 18.0 Å². The largest absolute Gasteiger partial charge is 0.435 e. The van der Waals surface area contributed by atoms with Gasteiger partial charge in [0, 0.05) is 37.6 Å². The molecule has 1 aliphatic heterocycles. The zero-order valence-electron chi connectivity index (χ0n) is 15.0. The Kier molecular flexibility index (Phi) is 4.81. The van der Waals surface area contributed by atoms with E-state index in [0.29, 0.717) is 32.4 Å². The first kappa shape index (κ1) is 18.5. The molecule has 0 spiro atoms. The maximum Gasteiger partial charge on any atom is 0.435 e. The van der Waals surface area contributed by atoms with Crippen LogP contribution in [0.1, 0.15) is 41.5 Å². The number of piperidine rings is 1. The number of carbonyl (C=O) groups excluding carboxylic acids is 1. The van der Waals surface area contributed by atoms with Gasteiger partial charge in [-0.05, 0) is 32.8 Å². The van der Waals surface area contributed by atoms with Gasteiger partial charge in [0.1, 0.15) is 0 Å². The molecule has 0 N–H and O–H groups in total. The lowest BCUT2D eigenvalue weighted by Crippen LogP contribution is -2.40. The van der Waals surface area contributed by atoms with Crippen molar-refractivity contribution in [1.29, 1.82) is 0 Å². The van der Waals surface area contributed by atoms with Crippen molar-refractivity contribution in [2.75, 3.05) is 13.1 Å². The molecule has 9 heteroatoms. The van der Waals surface area contributed by atoms with E-state index in [1.807, 2.05) is 20.9 Å². The smallest absolute Gasteiger partial charge is 0.342 e. The Labute approximate surface area is 149 Å². The van der Waals surface area contributed by atoms with Crippen molar-refractivity contribution in [2.45, 2.75) is 45.3 Å². The minimum absolute atomic E-state index is 0.0269. The van der Waals surface area contributed by atoms with E-state index in [-0.39, 0.29) is 11.9 Å². The number of aromatic nitrogens is 4. The highest BCUT2D eigenvalue weighted by molar-refractivity contribution is 5.79. The molecule has 0 bridgehead atoms. The monoisotopic (exact) mass is 369 g/mol. The molecular formula is C17H22F3N5O. The van der Waals surface area contributed by atoms with Gasteiger partial charge in [0.15, 0.2) is 5.69 Å². The van der Waals surface area contributed by atoms with E-state index in [1.54, 1.807) is 9.58 Å². The van der Waals surface area contributed by atoms with Gasteiger partial charge in [0.05, 0.1) is 18.2 Å². The third-order valence-corrected chi connectivity index (χ3v) is 5.08. The first-order valence-corrected chi connectivity index (χ1v) is 8.56. The summed E-state index contributed by atoms with van der Waals surface area (Å²) in [5, 5.41) is 7.97. The molecule has 0 saturated carbocycles. The Morgan fingerprint density at radius 1 is 1.23 bits per heavy atom. The highest BCUT2D eigenvalue weighted by Gasteiger charge is 2.34. The van der Waals surface area contributed by atoms with Crippen LogP contribution in [0.2, 0.25) is 0 Å². The van der Waals surface area contributed by atoms with Crippen LogP contribution >= 0.6 is 0 Å². The number of rotatable bonds is 3. The second-order valence-corrected chi connectivity index (χ2v) is 6.74. The van der Waals surface area contributed by atoms with Gasteiger partial charge in [-0.15, -0.1) is 0 Å². The van der Waals surface area contributed by atoms with Crippen molar-refractivity contribution in [1.82, 2.24) is 24.5 Å². The molecule has 1 saturated heterocycles. The number of nitrogens with zero attached hydrogens (tertiary/aromatic N) is 5. The van der Waals surface area contributed by atoms with Crippen molar-refractivity contribution in [3.05, 3.63) is 34.9 Å². The number of aryl methyl sites for hydroxylation is 2. The summed E-state index contributed by atoms with van der Waals surface area (Å²) in [6, 6.07) is 0.878. The maximum absolute atomic E-state index is 12.7. The molecule has 1 fully saturated rings. The Balaban J connectivity index is 1.59. The topological polar surface area (TPSA) is 56.0 Å². The van der Waals surface area contributed by atoms with Crippen LogP contribution in [0.4, 0.5) is 13.2 Å². The molecule has 2 aromatic heterocycles. The first-order chi connectivity index (χ1) is 12.2. The van der Waals surface area contributed by atoms with Crippen LogP contribution < -0.4 is 0 Å². The third kappa shape index (κ3) is 3.61. The Hall–Kier alpha value is -2.32. The average molecular weight is 369 g/mol. The normalized spacial score (nSPS) is 16.3. The summed E-state index contributed by atoms with van der Waals surface area (Å²) in [6.45, 7) is 4.86. The van der Waals surface area contributed by atoms with Crippen LogP contribution in [0.25, 0.3) is 0 Å². The number of halogens is 3. The quantitative estimate of drug-likeness (QED) is 0.836. The summed E-state index contributed by atoms with van der Waals surface area (Å²) < 4.78 is 41.2. The molecule has 26 heavy (non-hydrogen) atoms. The molecule has 3 heterocycles. The molecule has 2 aromatic rings. The number of likely N-dealkylation sites (tertiary alicyclic amines) is 1. The van der Waals surface area contributed by atoms with Gasteiger partial charge in [-0.25, -0.2) is 0 Å². The van der Waals surface area contributed by atoms with Gasteiger partial charge >= 0.3 is 6.18 Å². The molecule has 1 amide bonds. The summed E-state index contributed by atoms with van der Waals surface area (Å²) in [4.78, 5) is 14.4. The number of amides is 1. The van der Waals surface area contributed by atoms with Crippen molar-refractivity contribution >= 4 is 5.91 Å². The minimum Gasteiger partial charge on any atom is -0.342 e. The highest BCUT2D eigenvalue weighted by Crippen LogP contribution is 2.29. The van der Waals surface area contributed by atoms with Gasteiger partial charge in [0.2, 0.25) is 5.91 Å². The number of carbonyl (C=O) groups is 1. The van der Waals surface area contributed by atoms with Crippen LogP contribution in [0, 0.1) is 13.8 Å². The number of hydrogen-bond donors (Lipinski definition) is 0. The number of alkyl halides is 3. The van der Waals surface area contributed by atoms with E-state index in [1.165, 1.54) is 10.9 Å². The Morgan fingerprint density at radius 2 is 1.88 bits per heavy atom. The molecule has 3 rings (SSSR count). The minimum atomic E-state index is -4.43. The van der Waals surface area contributed by atoms with E-state index < -0.39 is 11.9 Å². The predicted molar refractivity (Wildman–Crippen MR) is 88.5 cm³/mol. The Bertz CT molecular complexity index is 800. The second-order valence-electron chi connectivity index (χ2n) is 6.74. The van der Waals surface area contributed by atoms with E-state index >= 15 is 0 Å². The van der Waals surface area contributed by atoms with Crippen molar-refractivity contribution in [3.8, 4) is 0 Å². The Morgan fingerprint density at radius 3 is 2.38 bits per heavy atom. The SMILES string of the molecule is Cc1nn(C)c(C)c1CC(=O)N1CCC(n2ccc(C(F)(F)F)n2)CC1. The van der Waals surface area contributed by atoms with Crippen molar-refractivity contribution < 1.29 is 18.0 Å². The molecule has 142 valence electrons. The van der Waals surface area contributed by atoms with Gasteiger partial charge in [-0.2, -0.15) is 23.4 Å². The van der Waals surface area contributed by atoms with Crippen LogP contribution in [0.3, 0.4) is 0 Å². The molecule has 0 atom stereocenters. The van der Waals surface area contributed by atoms with Crippen molar-refractivity contribution in [3.63, 3.8) is 0 Å². The van der Waals surface area contributed by atoms with Gasteiger partial charge in [-0.1, -0.05) is 0 Å². The summed E-state index contributed by atoms with van der Waals surface area (Å²) >= 11 is 0. The van der Waals surface area contributed by atoms with Crippen molar-refractivity contribution in [2.24, 2.45) is 7.05 Å². The zero-order chi connectivity index (χ0) is 19.1. The zero-order valence-corrected chi connectivity index (χ0v) is 15.0. The molecule has 0 aliphatic carbocycles. The van der Waals surface area contributed by atoms with Gasteiger partial charge < -0.3 is 4.90 Å². The van der Waals surface area contributed by atoms with Crippen LogP contribution in [0.5, 0.6) is 0 Å². The lowest BCUT2D eigenvalue weighted by molar-refractivity contribution is -0.141. The van der Waals surface area contributed by atoms with E-state index in [0.717, 1.165) is 23.0 Å². The maximum atomic E-state index is 12.7. The summed E-state index contributed by atoms with van der Waals surface area (Å²) in [5.74, 6) is 0.0269. The molecule has 0 aromatic carbocycles. The second kappa shape index (κ2) is 6.77. The molecule has 0 radical (unpaired) electrons. The standard InChI is InChI=1S/C17H22F3N5O/c1-11-14(12(2)23(3)21-11)10-16(26)24-7-4-13(5-8-24)25-9-6-15(22-25)17(18,19)20/h6,9,13H,4-5,7-8,10H2,1-3H3. The number of hydrogen-bond acceptors (Lipinski definition) is 3. The lowest BCUT2D eigenvalue weighted by Gasteiger charge is -2.32. The van der Waals surface area contributed by atoms with Gasteiger partial charge in [-0.3, -0.25) is 14.2 Å². The lowest BCUT2D eigenvalue weighted by atomic mass is 10.0. The van der Waals surface area contributed by atoms with Crippen LogP contribution in [0.15, 0.2) is 12.3 Å². The summed E-state index contributed by atoms with van der Waals surface area (Å²) in [7, 11) is 1.85. The summed E-state index contributed by atoms with van der Waals surface area (Å²) in [6.07, 6.45) is -1.57. The van der Waals surface area contributed by atoms with E-state index in [4.69, 9.17) is 0 Å². The highest BCUT2D eigenvalue weighted by atomic mass is 19.4. The summed E-state index contributed by atoms with van der Waals surface area (Å²) in [5.41, 5.74) is 1.89. The van der Waals surface area contributed by atoms with E-state index in [2.05, 4.69) is 10.2 Å².